The lowest BCUT2D eigenvalue weighted by atomic mass is 9.94. The first-order valence-corrected chi connectivity index (χ1v) is 6.31. The van der Waals surface area contributed by atoms with E-state index in [1.165, 1.54) is 0 Å². The molecule has 0 aliphatic rings. The molecule has 0 N–H and O–H groups in total. The van der Waals surface area contributed by atoms with Crippen LogP contribution < -0.4 is 0 Å². The summed E-state index contributed by atoms with van der Waals surface area (Å²) in [6, 6.07) is 0. The fourth-order valence-electron chi connectivity index (χ4n) is 0.853. The maximum atomic E-state index is 11.9. The number of ether oxygens (including phenoxy) is 2. The number of esters is 3. The van der Waals surface area contributed by atoms with Gasteiger partial charge in [-0.15, -0.1) is 0 Å². The fraction of sp³-hybridized carbons (Fsp3) is 0.786. The van der Waals surface area contributed by atoms with Crippen LogP contribution in [-0.2, 0) is 23.9 Å². The van der Waals surface area contributed by atoms with Gasteiger partial charge in [-0.3, -0.25) is 14.4 Å². The Bertz CT molecular complexity index is 361. The summed E-state index contributed by atoms with van der Waals surface area (Å²) in [6.45, 7) is 11.4. The second kappa shape index (κ2) is 6.17. The van der Waals surface area contributed by atoms with Crippen molar-refractivity contribution in [3.8, 4) is 0 Å². The quantitative estimate of drug-likeness (QED) is 0.580. The number of hydrogen-bond donors (Lipinski definition) is 0. The van der Waals surface area contributed by atoms with E-state index in [1.54, 1.807) is 48.5 Å². The molecular weight excluding hydrogens is 248 g/mol. The maximum absolute atomic E-state index is 11.9. The Hall–Kier alpha value is -1.39. The van der Waals surface area contributed by atoms with E-state index in [1.807, 2.05) is 0 Å². The topological polar surface area (TPSA) is 69.7 Å². The zero-order valence-electron chi connectivity index (χ0n) is 12.8. The first-order valence-electron chi connectivity index (χ1n) is 6.31. The van der Waals surface area contributed by atoms with Crippen molar-refractivity contribution in [2.24, 2.45) is 16.7 Å². The maximum Gasteiger partial charge on any atom is 0.322 e. The van der Waals surface area contributed by atoms with Crippen molar-refractivity contribution >= 4 is 17.9 Å². The van der Waals surface area contributed by atoms with Crippen LogP contribution >= 0.6 is 0 Å². The van der Waals surface area contributed by atoms with Gasteiger partial charge < -0.3 is 9.47 Å². The van der Waals surface area contributed by atoms with Crippen LogP contribution in [0.25, 0.3) is 0 Å². The molecule has 5 nitrogen and oxygen atoms in total. The van der Waals surface area contributed by atoms with Gasteiger partial charge in [0.25, 0.3) is 0 Å². The molecule has 0 saturated carbocycles. The predicted molar refractivity (Wildman–Crippen MR) is 70.1 cm³/mol. The van der Waals surface area contributed by atoms with Crippen LogP contribution in [0.4, 0.5) is 0 Å². The van der Waals surface area contributed by atoms with E-state index >= 15 is 0 Å². The van der Waals surface area contributed by atoms with Crippen LogP contribution in [-0.4, -0.2) is 24.5 Å². The van der Waals surface area contributed by atoms with Crippen molar-refractivity contribution in [3.63, 3.8) is 0 Å². The van der Waals surface area contributed by atoms with Crippen molar-refractivity contribution in [1.29, 1.82) is 0 Å². The summed E-state index contributed by atoms with van der Waals surface area (Å²) in [7, 11) is 0. The smallest absolute Gasteiger partial charge is 0.322 e. The lowest BCUT2D eigenvalue weighted by Crippen LogP contribution is -2.37. The molecular formula is C14H24O5. The lowest BCUT2D eigenvalue weighted by Gasteiger charge is -2.24. The van der Waals surface area contributed by atoms with Crippen molar-refractivity contribution in [2.75, 3.05) is 6.61 Å². The average Bonchev–Trinajstić information content (AvgIpc) is 2.24. The molecule has 0 rings (SSSR count). The van der Waals surface area contributed by atoms with E-state index in [4.69, 9.17) is 9.47 Å². The highest BCUT2D eigenvalue weighted by Gasteiger charge is 2.36. The molecule has 110 valence electrons. The van der Waals surface area contributed by atoms with Gasteiger partial charge in [-0.1, -0.05) is 13.8 Å². The average molecular weight is 272 g/mol. The highest BCUT2D eigenvalue weighted by atomic mass is 16.6. The number of rotatable bonds is 4. The third kappa shape index (κ3) is 5.85. The summed E-state index contributed by atoms with van der Waals surface area (Å²) >= 11 is 0. The van der Waals surface area contributed by atoms with Crippen molar-refractivity contribution < 1.29 is 23.9 Å². The van der Waals surface area contributed by atoms with Gasteiger partial charge in [0.2, 0.25) is 0 Å². The molecule has 19 heavy (non-hydrogen) atoms. The highest BCUT2D eigenvalue weighted by molar-refractivity contribution is 5.90. The number of carbonyl (C=O) groups is 3. The molecule has 0 amide bonds. The largest absolute Gasteiger partial charge is 0.464 e. The zero-order chi connectivity index (χ0) is 15.4. The Balaban J connectivity index is 4.53. The molecule has 0 atom stereocenters. The highest BCUT2D eigenvalue weighted by Crippen LogP contribution is 2.22. The van der Waals surface area contributed by atoms with Gasteiger partial charge in [0.15, 0.2) is 0 Å². The second-order valence-corrected chi connectivity index (χ2v) is 6.57. The molecule has 0 radical (unpaired) electrons. The van der Waals surface area contributed by atoms with E-state index in [0.29, 0.717) is 0 Å². The second-order valence-electron chi connectivity index (χ2n) is 6.57. The summed E-state index contributed by atoms with van der Waals surface area (Å²) < 4.78 is 9.81. The molecule has 0 aromatic rings. The minimum atomic E-state index is -1.05. The Morgan fingerprint density at radius 1 is 0.947 bits per heavy atom. The van der Waals surface area contributed by atoms with Gasteiger partial charge in [0, 0.05) is 0 Å². The van der Waals surface area contributed by atoms with Crippen LogP contribution in [0.2, 0.25) is 0 Å². The van der Waals surface area contributed by atoms with Crippen molar-refractivity contribution in [2.45, 2.75) is 48.5 Å². The van der Waals surface area contributed by atoms with Crippen LogP contribution in [0.1, 0.15) is 48.5 Å². The third-order valence-corrected chi connectivity index (χ3v) is 2.40. The normalized spacial score (nSPS) is 12.2. The predicted octanol–water partition coefficient (Wildman–Crippen LogP) is 2.33. The minimum absolute atomic E-state index is 0.111. The molecule has 0 heterocycles. The molecule has 0 bridgehead atoms. The molecule has 0 spiro atoms. The van der Waals surface area contributed by atoms with Crippen molar-refractivity contribution in [1.82, 2.24) is 0 Å². The van der Waals surface area contributed by atoms with E-state index in [-0.39, 0.29) is 18.5 Å². The van der Waals surface area contributed by atoms with E-state index in [9.17, 15) is 14.4 Å². The van der Waals surface area contributed by atoms with Gasteiger partial charge in [0.05, 0.1) is 16.7 Å². The zero-order valence-corrected chi connectivity index (χ0v) is 12.8. The molecule has 0 aromatic carbocycles. The Morgan fingerprint density at radius 3 is 1.79 bits per heavy atom. The molecule has 0 saturated heterocycles. The Morgan fingerprint density at radius 2 is 1.42 bits per heavy atom. The Kier molecular flexibility index (Phi) is 5.72. The first-order chi connectivity index (χ1) is 8.38. The molecule has 0 aliphatic carbocycles. The molecule has 0 aromatic heterocycles. The summed E-state index contributed by atoms with van der Waals surface area (Å²) in [6.07, 6.45) is 0. The van der Waals surface area contributed by atoms with Crippen LogP contribution in [0, 0.1) is 16.7 Å². The van der Waals surface area contributed by atoms with Crippen molar-refractivity contribution in [3.05, 3.63) is 0 Å². The minimum Gasteiger partial charge on any atom is -0.464 e. The summed E-state index contributed by atoms with van der Waals surface area (Å²) in [5.74, 6) is -1.93. The summed E-state index contributed by atoms with van der Waals surface area (Å²) in [5.41, 5.74) is -1.80. The van der Waals surface area contributed by atoms with Gasteiger partial charge >= 0.3 is 17.9 Å². The van der Waals surface area contributed by atoms with E-state index < -0.39 is 22.8 Å². The molecule has 0 aliphatic heterocycles. The van der Waals surface area contributed by atoms with Crippen LogP contribution in [0.3, 0.4) is 0 Å². The van der Waals surface area contributed by atoms with E-state index in [0.717, 1.165) is 0 Å². The number of hydrogen-bond acceptors (Lipinski definition) is 5. The number of carbonyl (C=O) groups excluding carboxylic acids is 3. The standard InChI is InChI=1S/C14H24O5/c1-9(2)10(15)18-8-14(6,7)12(17)19-11(16)13(3,4)5/h9H,8H2,1-7H3. The van der Waals surface area contributed by atoms with Gasteiger partial charge in [0.1, 0.15) is 6.61 Å². The fourth-order valence-corrected chi connectivity index (χ4v) is 0.853. The van der Waals surface area contributed by atoms with Crippen LogP contribution in [0.15, 0.2) is 0 Å². The Labute approximate surface area is 114 Å². The first kappa shape index (κ1) is 17.6. The SMILES string of the molecule is CC(C)C(=O)OCC(C)(C)C(=O)OC(=O)C(C)(C)C. The van der Waals surface area contributed by atoms with E-state index in [2.05, 4.69) is 0 Å². The summed E-state index contributed by atoms with van der Waals surface area (Å²) in [4.78, 5) is 34.8. The van der Waals surface area contributed by atoms with Gasteiger partial charge in [-0.2, -0.15) is 0 Å². The molecule has 5 heteroatoms. The van der Waals surface area contributed by atoms with Gasteiger partial charge in [-0.05, 0) is 34.6 Å². The molecule has 0 unspecified atom stereocenters. The monoisotopic (exact) mass is 272 g/mol. The third-order valence-electron chi connectivity index (χ3n) is 2.40. The van der Waals surface area contributed by atoms with Crippen LogP contribution in [0.5, 0.6) is 0 Å². The summed E-state index contributed by atoms with van der Waals surface area (Å²) in [5, 5.41) is 0. The molecule has 0 fully saturated rings. The van der Waals surface area contributed by atoms with Gasteiger partial charge in [-0.25, -0.2) is 0 Å². The lowest BCUT2D eigenvalue weighted by molar-refractivity contribution is -0.174.